The molecule has 604 valence electrons. The monoisotopic (exact) mass is 1660 g/mol. The summed E-state index contributed by atoms with van der Waals surface area (Å²) in [4.78, 5) is 9.53. The fourth-order valence-corrected chi connectivity index (χ4v) is 23.8. The van der Waals surface area contributed by atoms with Gasteiger partial charge in [0.25, 0.3) is 0 Å². The molecule has 0 N–H and O–H groups in total. The highest BCUT2D eigenvalue weighted by molar-refractivity contribution is 7.26. The van der Waals surface area contributed by atoms with Crippen LogP contribution < -0.4 is 19.6 Å². The quantitative estimate of drug-likeness (QED) is 0.120. The Kier molecular flexibility index (Phi) is 16.1. The number of hydrogen-bond acceptors (Lipinski definition) is 10. The molecule has 4 aliphatic rings. The van der Waals surface area contributed by atoms with Crippen molar-refractivity contribution < 1.29 is 17.7 Å². The van der Waals surface area contributed by atoms with Crippen LogP contribution in [0.4, 0.5) is 68.2 Å². The molecule has 126 heavy (non-hydrogen) atoms. The fourth-order valence-electron chi connectivity index (χ4n) is 21.6. The van der Waals surface area contributed by atoms with E-state index in [0.29, 0.717) is 0 Å². The van der Waals surface area contributed by atoms with Crippen molar-refractivity contribution in [1.82, 2.24) is 0 Å². The number of hydrogen-bond donors (Lipinski definition) is 0. The van der Waals surface area contributed by atoms with Crippen molar-refractivity contribution in [1.29, 1.82) is 0 Å². The van der Waals surface area contributed by atoms with Crippen LogP contribution >= 0.6 is 22.7 Å². The molecule has 0 fully saturated rings. The van der Waals surface area contributed by atoms with Crippen molar-refractivity contribution in [2.24, 2.45) is 0 Å². The first-order valence-corrected chi connectivity index (χ1v) is 45.1. The number of anilines is 12. The predicted octanol–water partition coefficient (Wildman–Crippen LogP) is 34.2. The van der Waals surface area contributed by atoms with Crippen molar-refractivity contribution in [2.75, 3.05) is 19.6 Å². The second kappa shape index (κ2) is 27.4. The van der Waals surface area contributed by atoms with Crippen LogP contribution in [0.3, 0.4) is 0 Å². The Morgan fingerprint density at radius 3 is 0.722 bits per heavy atom. The number of para-hydroxylation sites is 6. The van der Waals surface area contributed by atoms with Crippen molar-refractivity contribution in [3.05, 3.63) is 408 Å². The van der Waals surface area contributed by atoms with E-state index in [0.717, 1.165) is 146 Å². The van der Waals surface area contributed by atoms with Crippen molar-refractivity contribution in [3.8, 4) is 45.3 Å². The number of furan rings is 4. The third-order valence-electron chi connectivity index (χ3n) is 27.6. The minimum atomic E-state index is -0.328. The van der Waals surface area contributed by atoms with E-state index in [1.165, 1.54) is 96.0 Å². The average Bonchev–Trinajstić information content (AvgIpc) is 1.52. The van der Waals surface area contributed by atoms with Crippen LogP contribution in [0.15, 0.2) is 382 Å². The third kappa shape index (κ3) is 11.0. The summed E-state index contributed by atoms with van der Waals surface area (Å²) < 4.78 is 32.0. The molecule has 6 heterocycles. The summed E-state index contributed by atoms with van der Waals surface area (Å²) in [6.45, 7) is 19.0. The van der Waals surface area contributed by atoms with Gasteiger partial charge in [-0.3, -0.25) is 0 Å². The van der Waals surface area contributed by atoms with Gasteiger partial charge in [-0.05, 0) is 241 Å². The second-order valence-electron chi connectivity index (χ2n) is 36.2. The molecule has 0 atom stereocenters. The zero-order valence-corrected chi connectivity index (χ0v) is 72.5. The van der Waals surface area contributed by atoms with Gasteiger partial charge in [-0.25, -0.2) is 0 Å². The number of thiophene rings is 2. The highest BCUT2D eigenvalue weighted by Crippen LogP contribution is 2.65. The van der Waals surface area contributed by atoms with E-state index in [9.17, 15) is 0 Å². The molecule has 6 aromatic heterocycles. The maximum absolute atomic E-state index is 7.17. The van der Waals surface area contributed by atoms with Gasteiger partial charge in [-0.1, -0.05) is 201 Å². The molecule has 0 spiro atoms. The van der Waals surface area contributed by atoms with Gasteiger partial charge in [0.05, 0.1) is 0 Å². The summed E-state index contributed by atoms with van der Waals surface area (Å²) >= 11 is 3.72. The van der Waals surface area contributed by atoms with Crippen molar-refractivity contribution >= 4 is 175 Å². The second-order valence-corrected chi connectivity index (χ2v) is 38.4. The molecule has 0 unspecified atom stereocenters. The zero-order valence-electron chi connectivity index (χ0n) is 70.9. The van der Waals surface area contributed by atoms with Crippen molar-refractivity contribution in [2.45, 2.75) is 77.0 Å². The molecule has 0 amide bonds. The Bertz CT molecular complexity index is 7300. The van der Waals surface area contributed by atoms with Gasteiger partial charge in [0, 0.05) is 196 Å². The molecule has 10 heteroatoms. The van der Waals surface area contributed by atoms with Crippen LogP contribution in [-0.4, -0.2) is 0 Å². The molecule has 0 saturated heterocycles. The summed E-state index contributed by atoms with van der Waals surface area (Å²) in [5.41, 5.74) is 30.6. The maximum Gasteiger partial charge on any atom is 0.139 e. The highest BCUT2D eigenvalue weighted by atomic mass is 32.1. The molecular formula is C116H84N4O4S2. The van der Waals surface area contributed by atoms with Crippen LogP contribution in [0.2, 0.25) is 0 Å². The molecule has 26 rings (SSSR count). The average molecular weight is 1660 g/mol. The first-order valence-electron chi connectivity index (χ1n) is 43.5. The van der Waals surface area contributed by atoms with E-state index in [1.54, 1.807) is 0 Å². The Labute approximate surface area is 737 Å². The van der Waals surface area contributed by atoms with E-state index < -0.39 is 0 Å². The molecular weight excluding hydrogens is 1580 g/mol. The smallest absolute Gasteiger partial charge is 0.139 e. The lowest BCUT2D eigenvalue weighted by Gasteiger charge is -2.30. The van der Waals surface area contributed by atoms with Gasteiger partial charge in [-0.15, -0.1) is 22.7 Å². The minimum absolute atomic E-state index is 0.301. The summed E-state index contributed by atoms with van der Waals surface area (Å²) in [6.07, 6.45) is 0. The number of fused-ring (bicyclic) bond motifs is 26. The SMILES string of the molecule is CC1(C)c2cc(N(c3ccccc3)c3ccc4oc5ccccc5c4c3)ccc2-c2oc3c(c21)C(C)(C)c1cc(N(c2ccccc2)c2ccc4oc5ccccc5c4c2)ccc1-3.CC1(C)c2cc(N(c3ccccc3)c3ccc4sc5ccccc5c4c3)ccc2-c2oc3c(c21)C(C)(C)c1cc(N(c2ccccc2)c2ccc4sc5ccccc5c4c2)ccc1-3. The normalized spacial score (nSPS) is 14.3. The van der Waals surface area contributed by atoms with Gasteiger partial charge >= 0.3 is 0 Å². The topological polar surface area (TPSA) is 65.5 Å². The Morgan fingerprint density at radius 1 is 0.183 bits per heavy atom. The van der Waals surface area contributed by atoms with Gasteiger partial charge in [-0.2, -0.15) is 0 Å². The standard InChI is InChI=1S/C58H42N2O3.C58H42N2OS2/c1-57(2)47-33-39(59(35-15-7-5-8-16-35)37-25-29-51-45(31-37)41-19-11-13-21-49(41)61-51)23-27-43(47)55-53(57)54-56(63-55)44-28-24-40(34-48(44)58(54,3)4)60(36-17-9-6-10-18-36)38-26-30-52-46(32-38)42-20-12-14-22-50(42)62-52;1-57(2)47-33-39(59(35-15-7-5-8-16-35)37-25-29-51-45(31-37)41-19-11-13-21-49(41)62-51)23-27-43(47)55-53(57)54-56(61-55)44-28-24-40(34-48(44)58(54,3)4)60(36-17-9-6-10-18-36)38-26-30-52-46(32-38)42-20-12-14-22-50(42)63-52/h2*5-34H,1-4H3. The van der Waals surface area contributed by atoms with Crippen molar-refractivity contribution in [3.63, 3.8) is 0 Å². The van der Waals surface area contributed by atoms with E-state index in [1.807, 2.05) is 46.9 Å². The first kappa shape index (κ1) is 74.0. The van der Waals surface area contributed by atoms with Crippen LogP contribution in [0, 0.1) is 0 Å². The predicted molar refractivity (Wildman–Crippen MR) is 527 cm³/mol. The largest absolute Gasteiger partial charge is 0.456 e. The van der Waals surface area contributed by atoms with Gasteiger partial charge in [0.1, 0.15) is 45.4 Å². The molecule has 0 radical (unpaired) electrons. The Hall–Kier alpha value is -14.7. The summed E-state index contributed by atoms with van der Waals surface area (Å²) in [7, 11) is 0. The molecule has 0 saturated carbocycles. The molecule has 16 aromatic carbocycles. The summed E-state index contributed by atoms with van der Waals surface area (Å²) in [5, 5.41) is 9.62. The first-order chi connectivity index (χ1) is 61.5. The minimum Gasteiger partial charge on any atom is -0.456 e. The lowest BCUT2D eigenvalue weighted by molar-refractivity contribution is 0.592. The molecule has 8 nitrogen and oxygen atoms in total. The van der Waals surface area contributed by atoms with E-state index >= 15 is 0 Å². The molecule has 4 aliphatic carbocycles. The molecule has 0 aliphatic heterocycles. The number of benzene rings is 16. The van der Waals surface area contributed by atoms with E-state index in [2.05, 4.69) is 415 Å². The third-order valence-corrected chi connectivity index (χ3v) is 29.9. The lowest BCUT2D eigenvalue weighted by atomic mass is 9.74. The Balaban J connectivity index is 0.000000137. The highest BCUT2D eigenvalue weighted by Gasteiger charge is 2.52. The molecule has 22 aromatic rings. The van der Waals surface area contributed by atoms with Gasteiger partial charge in [0.15, 0.2) is 0 Å². The van der Waals surface area contributed by atoms with Gasteiger partial charge < -0.3 is 37.3 Å². The summed E-state index contributed by atoms with van der Waals surface area (Å²) in [5.74, 6) is 3.99. The summed E-state index contributed by atoms with van der Waals surface area (Å²) in [6, 6.07) is 132. The van der Waals surface area contributed by atoms with E-state index in [-0.39, 0.29) is 21.7 Å². The lowest BCUT2D eigenvalue weighted by Crippen LogP contribution is -2.23. The van der Waals surface area contributed by atoms with Crippen LogP contribution in [0.5, 0.6) is 0 Å². The van der Waals surface area contributed by atoms with Crippen LogP contribution in [0.25, 0.3) is 130 Å². The number of rotatable bonds is 12. The fraction of sp³-hybridized carbons (Fsp3) is 0.103. The maximum atomic E-state index is 7.17. The van der Waals surface area contributed by atoms with Gasteiger partial charge in [0.2, 0.25) is 0 Å². The molecule has 0 bridgehead atoms. The van der Waals surface area contributed by atoms with Crippen LogP contribution in [-0.2, 0) is 21.7 Å². The van der Waals surface area contributed by atoms with Crippen LogP contribution in [0.1, 0.15) is 99.9 Å². The number of nitrogens with zero attached hydrogens (tertiary/aromatic N) is 4. The Morgan fingerprint density at radius 2 is 0.413 bits per heavy atom. The zero-order chi connectivity index (χ0) is 84.4. The van der Waals surface area contributed by atoms with E-state index in [4.69, 9.17) is 17.7 Å².